The largest absolute Gasteiger partial charge is 0.481 e. The second-order valence-corrected chi connectivity index (χ2v) is 8.68. The van der Waals surface area contributed by atoms with Crippen molar-refractivity contribution >= 4 is 58.2 Å². The van der Waals surface area contributed by atoms with E-state index in [4.69, 9.17) is 39.5 Å². The van der Waals surface area contributed by atoms with Crippen molar-refractivity contribution in [2.75, 3.05) is 11.1 Å². The van der Waals surface area contributed by atoms with Crippen molar-refractivity contribution in [3.8, 4) is 5.75 Å². The highest BCUT2D eigenvalue weighted by Gasteiger charge is 2.19. The quantitative estimate of drug-likeness (QED) is 0.418. The van der Waals surface area contributed by atoms with Gasteiger partial charge in [-0.25, -0.2) is 0 Å². The maximum absolute atomic E-state index is 12.3. The average molecular weight is 486 g/mol. The highest BCUT2D eigenvalue weighted by Crippen LogP contribution is 2.32. The van der Waals surface area contributed by atoms with Crippen LogP contribution in [0.3, 0.4) is 0 Å². The number of benzene rings is 2. The van der Waals surface area contributed by atoms with Crippen LogP contribution in [0.15, 0.2) is 41.6 Å². The molecule has 1 amide bonds. The number of nitrogens with one attached hydrogen (secondary N) is 1. The first-order chi connectivity index (χ1) is 14.3. The van der Waals surface area contributed by atoms with Gasteiger partial charge in [0.1, 0.15) is 5.75 Å². The van der Waals surface area contributed by atoms with Crippen LogP contribution < -0.4 is 10.1 Å². The van der Waals surface area contributed by atoms with Crippen LogP contribution in [0, 0.1) is 6.92 Å². The lowest BCUT2D eigenvalue weighted by atomic mass is 10.2. The zero-order valence-corrected chi connectivity index (χ0v) is 19.5. The summed E-state index contributed by atoms with van der Waals surface area (Å²) in [6, 6.07) is 10.4. The Morgan fingerprint density at radius 2 is 1.97 bits per heavy atom. The van der Waals surface area contributed by atoms with Crippen LogP contribution in [-0.4, -0.2) is 26.4 Å². The van der Waals surface area contributed by atoms with Gasteiger partial charge in [0, 0.05) is 28.8 Å². The summed E-state index contributed by atoms with van der Waals surface area (Å²) in [5, 5.41) is 13.4. The molecular weight excluding hydrogens is 467 g/mol. The average Bonchev–Trinajstić information content (AvgIpc) is 3.07. The van der Waals surface area contributed by atoms with E-state index in [1.807, 2.05) is 27.0 Å². The van der Waals surface area contributed by atoms with Gasteiger partial charge in [0.25, 0.3) is 0 Å². The van der Waals surface area contributed by atoms with Crippen LogP contribution in [0.2, 0.25) is 15.1 Å². The Labute approximate surface area is 193 Å². The standard InChI is InChI=1S/C20H19Cl3N4O2S/c1-11-14(22)5-4-6-16(11)24-18(28)10-30-20-26-25-19(27(20)3)12(2)29-17-9-13(21)7-8-15(17)23/h4-9,12H,10H2,1-3H3,(H,24,28). The summed E-state index contributed by atoms with van der Waals surface area (Å²) in [7, 11) is 1.82. The summed E-state index contributed by atoms with van der Waals surface area (Å²) in [4.78, 5) is 12.3. The van der Waals surface area contributed by atoms with E-state index >= 15 is 0 Å². The van der Waals surface area contributed by atoms with Gasteiger partial charge in [-0.15, -0.1) is 10.2 Å². The zero-order chi connectivity index (χ0) is 21.8. The Hall–Kier alpha value is -1.93. The molecule has 1 N–H and O–H groups in total. The Balaban J connectivity index is 1.62. The summed E-state index contributed by atoms with van der Waals surface area (Å²) in [6.07, 6.45) is -0.421. The van der Waals surface area contributed by atoms with Gasteiger partial charge >= 0.3 is 0 Å². The van der Waals surface area contributed by atoms with Crippen molar-refractivity contribution in [1.82, 2.24) is 14.8 Å². The van der Waals surface area contributed by atoms with E-state index in [0.29, 0.717) is 37.5 Å². The second kappa shape index (κ2) is 9.92. The van der Waals surface area contributed by atoms with Crippen LogP contribution in [0.5, 0.6) is 5.75 Å². The summed E-state index contributed by atoms with van der Waals surface area (Å²) in [5.74, 6) is 1.07. The molecule has 2 aromatic carbocycles. The first-order valence-electron chi connectivity index (χ1n) is 8.95. The second-order valence-electron chi connectivity index (χ2n) is 6.48. The van der Waals surface area contributed by atoms with Crippen LogP contribution in [0.25, 0.3) is 0 Å². The lowest BCUT2D eigenvalue weighted by molar-refractivity contribution is -0.113. The Morgan fingerprint density at radius 1 is 1.20 bits per heavy atom. The minimum atomic E-state index is -0.421. The number of aromatic nitrogens is 3. The third-order valence-electron chi connectivity index (χ3n) is 4.30. The minimum absolute atomic E-state index is 0.162. The molecule has 10 heteroatoms. The molecule has 0 fully saturated rings. The molecule has 3 rings (SSSR count). The van der Waals surface area contributed by atoms with Gasteiger partial charge in [0.15, 0.2) is 17.1 Å². The van der Waals surface area contributed by atoms with Crippen LogP contribution >= 0.6 is 46.6 Å². The number of anilines is 1. The van der Waals surface area contributed by atoms with E-state index in [9.17, 15) is 4.79 Å². The van der Waals surface area contributed by atoms with Crippen molar-refractivity contribution in [2.45, 2.75) is 25.1 Å². The maximum atomic E-state index is 12.3. The lowest BCUT2D eigenvalue weighted by Gasteiger charge is -2.15. The first kappa shape index (κ1) is 22.7. The van der Waals surface area contributed by atoms with Gasteiger partial charge < -0.3 is 14.6 Å². The number of carbonyl (C=O) groups is 1. The first-order valence-corrected chi connectivity index (χ1v) is 11.1. The molecule has 0 spiro atoms. The predicted molar refractivity (Wildman–Crippen MR) is 122 cm³/mol. The molecule has 1 unspecified atom stereocenters. The van der Waals surface area contributed by atoms with E-state index in [1.54, 1.807) is 34.9 Å². The lowest BCUT2D eigenvalue weighted by Crippen LogP contribution is -2.15. The summed E-state index contributed by atoms with van der Waals surface area (Å²) < 4.78 is 7.68. The molecule has 1 aromatic heterocycles. The van der Waals surface area contributed by atoms with Crippen molar-refractivity contribution < 1.29 is 9.53 Å². The van der Waals surface area contributed by atoms with Crippen LogP contribution in [-0.2, 0) is 11.8 Å². The Kier molecular flexibility index (Phi) is 7.52. The van der Waals surface area contributed by atoms with Gasteiger partial charge in [0.2, 0.25) is 5.91 Å². The molecule has 158 valence electrons. The van der Waals surface area contributed by atoms with Gasteiger partial charge in [0.05, 0.1) is 10.8 Å². The summed E-state index contributed by atoms with van der Waals surface area (Å²) in [6.45, 7) is 3.69. The molecule has 1 atom stereocenters. The number of ether oxygens (including phenoxy) is 1. The molecule has 6 nitrogen and oxygen atoms in total. The van der Waals surface area contributed by atoms with Gasteiger partial charge in [-0.05, 0) is 43.7 Å². The number of hydrogen-bond acceptors (Lipinski definition) is 5. The molecule has 0 saturated heterocycles. The third kappa shape index (κ3) is 5.40. The van der Waals surface area contributed by atoms with Gasteiger partial charge in [-0.1, -0.05) is 52.6 Å². The molecule has 0 bridgehead atoms. The van der Waals surface area contributed by atoms with Crippen LogP contribution in [0.4, 0.5) is 5.69 Å². The normalized spacial score (nSPS) is 11.9. The number of hydrogen-bond donors (Lipinski definition) is 1. The van der Waals surface area contributed by atoms with Gasteiger partial charge in [-0.3, -0.25) is 4.79 Å². The SMILES string of the molecule is Cc1c(Cl)cccc1NC(=O)CSc1nnc(C(C)Oc2cc(Cl)ccc2Cl)n1C. The minimum Gasteiger partial charge on any atom is -0.481 e. The molecule has 3 aromatic rings. The molecule has 0 saturated carbocycles. The monoisotopic (exact) mass is 484 g/mol. The molecule has 0 radical (unpaired) electrons. The smallest absolute Gasteiger partial charge is 0.234 e. The molecule has 0 aliphatic rings. The number of amides is 1. The topological polar surface area (TPSA) is 69.0 Å². The molecule has 1 heterocycles. The molecule has 0 aliphatic heterocycles. The summed E-state index contributed by atoms with van der Waals surface area (Å²) in [5.41, 5.74) is 1.51. The van der Waals surface area contributed by atoms with E-state index < -0.39 is 6.10 Å². The van der Waals surface area contributed by atoms with Gasteiger partial charge in [-0.2, -0.15) is 0 Å². The predicted octanol–water partition coefficient (Wildman–Crippen LogP) is 5.95. The zero-order valence-electron chi connectivity index (χ0n) is 16.4. The van der Waals surface area contributed by atoms with Crippen molar-refractivity contribution in [3.63, 3.8) is 0 Å². The Morgan fingerprint density at radius 3 is 2.73 bits per heavy atom. The fraction of sp³-hybridized carbons (Fsp3) is 0.250. The van der Waals surface area contributed by atoms with Crippen LogP contribution in [0.1, 0.15) is 24.4 Å². The fourth-order valence-electron chi connectivity index (χ4n) is 2.68. The van der Waals surface area contributed by atoms with Crippen molar-refractivity contribution in [1.29, 1.82) is 0 Å². The number of rotatable bonds is 7. The molecule has 0 aliphatic carbocycles. The highest BCUT2D eigenvalue weighted by atomic mass is 35.5. The molecular formula is C20H19Cl3N4O2S. The van der Waals surface area contributed by atoms with Crippen molar-refractivity contribution in [3.05, 3.63) is 62.9 Å². The van der Waals surface area contributed by atoms with E-state index in [1.165, 1.54) is 11.8 Å². The number of nitrogens with zero attached hydrogens (tertiary/aromatic N) is 3. The number of thioether (sulfide) groups is 1. The third-order valence-corrected chi connectivity index (χ3v) is 6.28. The summed E-state index contributed by atoms with van der Waals surface area (Å²) >= 11 is 19.5. The van der Waals surface area contributed by atoms with E-state index in [2.05, 4.69) is 15.5 Å². The number of halogens is 3. The van der Waals surface area contributed by atoms with Crippen molar-refractivity contribution in [2.24, 2.45) is 7.05 Å². The Bertz CT molecular complexity index is 1070. The fourth-order valence-corrected chi connectivity index (χ4v) is 3.89. The molecule has 30 heavy (non-hydrogen) atoms. The number of carbonyl (C=O) groups excluding carboxylic acids is 1. The van der Waals surface area contributed by atoms with E-state index in [0.717, 1.165) is 5.56 Å². The highest BCUT2D eigenvalue weighted by molar-refractivity contribution is 7.99. The maximum Gasteiger partial charge on any atom is 0.234 e. The van der Waals surface area contributed by atoms with E-state index in [-0.39, 0.29) is 11.7 Å².